The van der Waals surface area contributed by atoms with E-state index in [4.69, 9.17) is 0 Å². The van der Waals surface area contributed by atoms with Crippen LogP contribution in [0.3, 0.4) is 0 Å². The van der Waals surface area contributed by atoms with Crippen LogP contribution in [0.4, 0.5) is 5.82 Å². The van der Waals surface area contributed by atoms with Crippen molar-refractivity contribution < 1.29 is 0 Å². The van der Waals surface area contributed by atoms with Gasteiger partial charge in [-0.25, -0.2) is 4.79 Å². The molecular formula is C11H11N3O. The fourth-order valence-corrected chi connectivity index (χ4v) is 1.36. The number of hydrogen-bond donors (Lipinski definition) is 2. The predicted octanol–water partition coefficient (Wildman–Crippen LogP) is 1.48. The first-order chi connectivity index (χ1) is 7.29. The van der Waals surface area contributed by atoms with Crippen molar-refractivity contribution in [1.82, 2.24) is 9.97 Å². The van der Waals surface area contributed by atoms with Crippen molar-refractivity contribution >= 4 is 5.82 Å². The number of nitrogens with zero attached hydrogens (tertiary/aromatic N) is 1. The van der Waals surface area contributed by atoms with Gasteiger partial charge in [0.25, 0.3) is 0 Å². The van der Waals surface area contributed by atoms with Crippen LogP contribution in [0.1, 0.15) is 0 Å². The lowest BCUT2D eigenvalue weighted by Crippen LogP contribution is -2.12. The Bertz CT molecular complexity index is 505. The molecule has 0 aliphatic rings. The first-order valence-electron chi connectivity index (χ1n) is 4.64. The molecule has 1 heterocycles. The third-order valence-electron chi connectivity index (χ3n) is 2.09. The number of rotatable bonds is 2. The van der Waals surface area contributed by atoms with Crippen molar-refractivity contribution in [2.75, 3.05) is 12.4 Å². The molecule has 0 aliphatic carbocycles. The Morgan fingerprint density at radius 1 is 1.27 bits per heavy atom. The molecule has 2 N–H and O–H groups in total. The van der Waals surface area contributed by atoms with E-state index in [1.165, 1.54) is 0 Å². The number of anilines is 1. The van der Waals surface area contributed by atoms with Crippen LogP contribution in [-0.2, 0) is 0 Å². The lowest BCUT2D eigenvalue weighted by molar-refractivity contribution is 1.08. The van der Waals surface area contributed by atoms with Gasteiger partial charge in [0.2, 0.25) is 0 Å². The number of H-pyrrole nitrogens is 1. The average molecular weight is 201 g/mol. The minimum atomic E-state index is -0.347. The van der Waals surface area contributed by atoms with Gasteiger partial charge in [-0.15, -0.1) is 0 Å². The van der Waals surface area contributed by atoms with E-state index in [0.29, 0.717) is 5.82 Å². The molecule has 0 atom stereocenters. The smallest absolute Gasteiger partial charge is 0.347 e. The standard InChI is InChI=1S/C11H11N3O/c1-12-10-7-9(13-11(15)14-10)8-5-3-2-4-6-8/h2-7H,1H3,(H2,12,13,14,15). The van der Waals surface area contributed by atoms with Crippen molar-refractivity contribution in [2.45, 2.75) is 0 Å². The van der Waals surface area contributed by atoms with Gasteiger partial charge in [-0.2, -0.15) is 4.98 Å². The molecule has 0 fully saturated rings. The lowest BCUT2D eigenvalue weighted by Gasteiger charge is -2.03. The van der Waals surface area contributed by atoms with E-state index in [0.717, 1.165) is 11.3 Å². The summed E-state index contributed by atoms with van der Waals surface area (Å²) in [6.45, 7) is 0. The van der Waals surface area contributed by atoms with E-state index >= 15 is 0 Å². The van der Waals surface area contributed by atoms with E-state index in [-0.39, 0.29) is 5.69 Å². The van der Waals surface area contributed by atoms with Crippen molar-refractivity contribution in [3.8, 4) is 11.3 Å². The molecule has 2 aromatic rings. The summed E-state index contributed by atoms with van der Waals surface area (Å²) >= 11 is 0. The number of aromatic amines is 1. The van der Waals surface area contributed by atoms with Crippen molar-refractivity contribution in [3.63, 3.8) is 0 Å². The number of aromatic nitrogens is 2. The normalized spacial score (nSPS) is 9.93. The van der Waals surface area contributed by atoms with Gasteiger partial charge in [0.15, 0.2) is 0 Å². The lowest BCUT2D eigenvalue weighted by atomic mass is 10.1. The van der Waals surface area contributed by atoms with Gasteiger partial charge in [-0.05, 0) is 5.56 Å². The zero-order valence-electron chi connectivity index (χ0n) is 8.32. The summed E-state index contributed by atoms with van der Waals surface area (Å²) in [7, 11) is 1.73. The monoisotopic (exact) mass is 201 g/mol. The van der Waals surface area contributed by atoms with Crippen molar-refractivity contribution in [1.29, 1.82) is 0 Å². The van der Waals surface area contributed by atoms with Gasteiger partial charge in [-0.3, -0.25) is 0 Å². The number of hydrogen-bond acceptors (Lipinski definition) is 3. The molecule has 4 heteroatoms. The zero-order chi connectivity index (χ0) is 10.7. The van der Waals surface area contributed by atoms with E-state index in [9.17, 15) is 4.79 Å². The second-order valence-corrected chi connectivity index (χ2v) is 3.10. The molecule has 0 amide bonds. The van der Waals surface area contributed by atoms with Crippen LogP contribution in [0, 0.1) is 0 Å². The molecule has 2 rings (SSSR count). The highest BCUT2D eigenvalue weighted by Gasteiger charge is 2.00. The maximum absolute atomic E-state index is 11.2. The Morgan fingerprint density at radius 3 is 2.67 bits per heavy atom. The minimum Gasteiger partial charge on any atom is -0.373 e. The summed E-state index contributed by atoms with van der Waals surface area (Å²) in [5, 5.41) is 2.85. The largest absolute Gasteiger partial charge is 0.373 e. The highest BCUT2D eigenvalue weighted by molar-refractivity contribution is 5.61. The first kappa shape index (κ1) is 9.45. The molecular weight excluding hydrogens is 190 g/mol. The molecule has 0 unspecified atom stereocenters. The van der Waals surface area contributed by atoms with E-state index in [2.05, 4.69) is 15.3 Å². The molecule has 76 valence electrons. The quantitative estimate of drug-likeness (QED) is 0.773. The van der Waals surface area contributed by atoms with Gasteiger partial charge in [-0.1, -0.05) is 30.3 Å². The van der Waals surface area contributed by atoms with Crippen LogP contribution in [-0.4, -0.2) is 17.0 Å². The summed E-state index contributed by atoms with van der Waals surface area (Å²) in [6, 6.07) is 11.5. The Balaban J connectivity index is 2.54. The highest BCUT2D eigenvalue weighted by atomic mass is 16.1. The first-order valence-corrected chi connectivity index (χ1v) is 4.64. The van der Waals surface area contributed by atoms with E-state index < -0.39 is 0 Å². The van der Waals surface area contributed by atoms with E-state index in [1.807, 2.05) is 30.3 Å². The predicted molar refractivity (Wildman–Crippen MR) is 59.8 cm³/mol. The Labute approximate surface area is 87.0 Å². The molecule has 0 radical (unpaired) electrons. The number of benzene rings is 1. The van der Waals surface area contributed by atoms with Crippen LogP contribution < -0.4 is 11.0 Å². The Morgan fingerprint density at radius 2 is 2.00 bits per heavy atom. The highest BCUT2D eigenvalue weighted by Crippen LogP contribution is 2.16. The Hall–Kier alpha value is -2.10. The summed E-state index contributed by atoms with van der Waals surface area (Å²) < 4.78 is 0. The minimum absolute atomic E-state index is 0.347. The Kier molecular flexibility index (Phi) is 2.49. The van der Waals surface area contributed by atoms with Gasteiger partial charge >= 0.3 is 5.69 Å². The van der Waals surface area contributed by atoms with Crippen LogP contribution >= 0.6 is 0 Å². The van der Waals surface area contributed by atoms with Crippen molar-refractivity contribution in [3.05, 3.63) is 46.9 Å². The third-order valence-corrected chi connectivity index (χ3v) is 2.09. The molecule has 1 aromatic heterocycles. The molecule has 0 saturated heterocycles. The van der Waals surface area contributed by atoms with Gasteiger partial charge < -0.3 is 10.3 Å². The maximum Gasteiger partial charge on any atom is 0.347 e. The average Bonchev–Trinajstić information content (AvgIpc) is 2.29. The zero-order valence-corrected chi connectivity index (χ0v) is 8.32. The molecule has 15 heavy (non-hydrogen) atoms. The molecule has 0 saturated carbocycles. The molecule has 4 nitrogen and oxygen atoms in total. The molecule has 0 spiro atoms. The van der Waals surface area contributed by atoms with Crippen LogP contribution in [0.15, 0.2) is 41.2 Å². The van der Waals surface area contributed by atoms with Crippen LogP contribution in [0.25, 0.3) is 11.3 Å². The fourth-order valence-electron chi connectivity index (χ4n) is 1.36. The number of nitrogens with one attached hydrogen (secondary N) is 2. The molecule has 0 aliphatic heterocycles. The topological polar surface area (TPSA) is 57.8 Å². The fraction of sp³-hybridized carbons (Fsp3) is 0.0909. The second-order valence-electron chi connectivity index (χ2n) is 3.10. The van der Waals surface area contributed by atoms with Crippen LogP contribution in [0.2, 0.25) is 0 Å². The maximum atomic E-state index is 11.2. The van der Waals surface area contributed by atoms with Crippen molar-refractivity contribution in [2.24, 2.45) is 0 Å². The SMILES string of the molecule is CNc1cc(-c2ccccc2)[nH]c(=O)n1. The molecule has 1 aromatic carbocycles. The second kappa shape index (κ2) is 3.96. The van der Waals surface area contributed by atoms with E-state index in [1.54, 1.807) is 13.1 Å². The summed E-state index contributed by atoms with van der Waals surface area (Å²) in [6.07, 6.45) is 0. The summed E-state index contributed by atoms with van der Waals surface area (Å²) in [4.78, 5) is 17.7. The summed E-state index contributed by atoms with van der Waals surface area (Å²) in [5.74, 6) is 0.567. The third kappa shape index (κ3) is 2.04. The molecule has 0 bridgehead atoms. The van der Waals surface area contributed by atoms with Gasteiger partial charge in [0, 0.05) is 13.1 Å². The van der Waals surface area contributed by atoms with Gasteiger partial charge in [0.1, 0.15) is 5.82 Å². The van der Waals surface area contributed by atoms with Crippen LogP contribution in [0.5, 0.6) is 0 Å². The van der Waals surface area contributed by atoms with Gasteiger partial charge in [0.05, 0.1) is 5.69 Å². The summed E-state index contributed by atoms with van der Waals surface area (Å²) in [5.41, 5.74) is 1.38.